The number of rotatable bonds is 3. The van der Waals surface area contributed by atoms with Gasteiger partial charge in [-0.1, -0.05) is 31.6 Å². The van der Waals surface area contributed by atoms with Gasteiger partial charge in [-0.05, 0) is 92.8 Å². The van der Waals surface area contributed by atoms with Crippen LogP contribution < -0.4 is 0 Å². The van der Waals surface area contributed by atoms with E-state index in [-0.39, 0.29) is 11.5 Å². The Hall–Kier alpha value is -0.720. The molecule has 4 fully saturated rings. The third kappa shape index (κ3) is 3.38. The Morgan fingerprint density at radius 2 is 1.81 bits per heavy atom. The van der Waals surface area contributed by atoms with Crippen LogP contribution in [0.5, 0.6) is 0 Å². The molecule has 4 aliphatic carbocycles. The Kier molecular flexibility index (Phi) is 5.90. The highest BCUT2D eigenvalue weighted by atomic mass is 16.7. The molecule has 0 aromatic rings. The van der Waals surface area contributed by atoms with Gasteiger partial charge in [-0.25, -0.2) is 0 Å². The first kappa shape index (κ1) is 23.0. The fourth-order valence-electron chi connectivity index (χ4n) is 8.49. The van der Waals surface area contributed by atoms with Gasteiger partial charge in [0.15, 0.2) is 6.29 Å². The predicted octanol–water partition coefficient (Wildman–Crippen LogP) is 3.96. The van der Waals surface area contributed by atoms with Crippen LogP contribution in [0.4, 0.5) is 0 Å². The maximum atomic E-state index is 10.4. The van der Waals surface area contributed by atoms with Crippen LogP contribution in [0.25, 0.3) is 0 Å². The summed E-state index contributed by atoms with van der Waals surface area (Å²) in [5.74, 6) is 3.02. The van der Waals surface area contributed by atoms with Crippen molar-refractivity contribution in [2.75, 3.05) is 0 Å². The van der Waals surface area contributed by atoms with Gasteiger partial charge in [0.05, 0.1) is 12.2 Å². The fraction of sp³-hybridized carbons (Fsp3) is 0.852. The minimum absolute atomic E-state index is 0.0225. The first-order valence-corrected chi connectivity index (χ1v) is 12.9. The molecule has 0 aromatic heterocycles. The smallest absolute Gasteiger partial charge is 0.186 e. The van der Waals surface area contributed by atoms with E-state index in [9.17, 15) is 15.3 Å². The second-order valence-corrected chi connectivity index (χ2v) is 11.9. The normalized spacial score (nSPS) is 55.4. The molecule has 1 heterocycles. The Morgan fingerprint density at radius 1 is 1.03 bits per heavy atom. The van der Waals surface area contributed by atoms with E-state index in [0.717, 1.165) is 37.0 Å². The van der Waals surface area contributed by atoms with E-state index in [1.807, 2.05) is 0 Å². The lowest BCUT2D eigenvalue weighted by Gasteiger charge is -2.58. The molecule has 180 valence electrons. The van der Waals surface area contributed by atoms with Crippen molar-refractivity contribution in [2.24, 2.45) is 34.5 Å². The number of hydrogen-bond acceptors (Lipinski definition) is 5. The zero-order chi connectivity index (χ0) is 22.8. The molecular weight excluding hydrogens is 404 g/mol. The number of aliphatic hydroxyl groups excluding tert-OH is 3. The molecule has 0 radical (unpaired) electrons. The summed E-state index contributed by atoms with van der Waals surface area (Å²) in [5, 5.41) is 30.4. The van der Waals surface area contributed by atoms with Gasteiger partial charge in [-0.3, -0.25) is 0 Å². The van der Waals surface area contributed by atoms with Gasteiger partial charge in [0.25, 0.3) is 0 Å². The van der Waals surface area contributed by atoms with Crippen molar-refractivity contribution in [3.05, 3.63) is 24.3 Å². The quantitative estimate of drug-likeness (QED) is 0.572. The molecule has 12 unspecified atom stereocenters. The van der Waals surface area contributed by atoms with Crippen LogP contribution in [0.3, 0.4) is 0 Å². The summed E-state index contributed by atoms with van der Waals surface area (Å²) in [7, 11) is 0. The maximum Gasteiger partial charge on any atom is 0.186 e. The predicted molar refractivity (Wildman–Crippen MR) is 123 cm³/mol. The molecule has 3 N–H and O–H groups in total. The van der Waals surface area contributed by atoms with Crippen molar-refractivity contribution < 1.29 is 24.8 Å². The molecule has 5 heteroatoms. The second kappa shape index (κ2) is 8.20. The van der Waals surface area contributed by atoms with E-state index in [4.69, 9.17) is 9.47 Å². The summed E-state index contributed by atoms with van der Waals surface area (Å²) in [5.41, 5.74) is 2.20. The van der Waals surface area contributed by atoms with Crippen molar-refractivity contribution in [3.8, 4) is 0 Å². The third-order valence-electron chi connectivity index (χ3n) is 10.6. The monoisotopic (exact) mass is 446 g/mol. The topological polar surface area (TPSA) is 79.2 Å². The van der Waals surface area contributed by atoms with Crippen molar-refractivity contribution in [3.63, 3.8) is 0 Å². The average Bonchev–Trinajstić information content (AvgIpc) is 3.12. The summed E-state index contributed by atoms with van der Waals surface area (Å²) in [6.45, 7) is 10.9. The van der Waals surface area contributed by atoms with E-state index in [1.54, 1.807) is 6.92 Å². The van der Waals surface area contributed by atoms with Crippen molar-refractivity contribution in [2.45, 2.75) is 109 Å². The van der Waals surface area contributed by atoms with Crippen molar-refractivity contribution >= 4 is 0 Å². The molecule has 12 atom stereocenters. The Bertz CT molecular complexity index is 765. The van der Waals surface area contributed by atoms with E-state index in [2.05, 4.69) is 32.6 Å². The van der Waals surface area contributed by atoms with Crippen LogP contribution in [0, 0.1) is 34.5 Å². The molecule has 32 heavy (non-hydrogen) atoms. The molecule has 1 saturated heterocycles. The van der Waals surface area contributed by atoms with Crippen LogP contribution in [0.1, 0.15) is 72.1 Å². The van der Waals surface area contributed by atoms with Crippen LogP contribution in [0.15, 0.2) is 24.3 Å². The number of ether oxygens (including phenoxy) is 2. The van der Waals surface area contributed by atoms with Crippen LogP contribution in [-0.2, 0) is 9.47 Å². The molecule has 0 spiro atoms. The van der Waals surface area contributed by atoms with Gasteiger partial charge >= 0.3 is 0 Å². The summed E-state index contributed by atoms with van der Waals surface area (Å²) >= 11 is 0. The standard InChI is InChI=1S/C27H42O5/c1-5-16-7-9-20-19-8-6-17-14-18(32-25-24(30)23(29)22(28)15(2)31-25)10-12-27(17,4)21(19)11-13-26(16,20)3/h5-6,15-16,18-25,28-30H,1,7-14H2,2-4H3. The highest BCUT2D eigenvalue weighted by molar-refractivity contribution is 5.25. The lowest BCUT2D eigenvalue weighted by Crippen LogP contribution is -2.58. The van der Waals surface area contributed by atoms with E-state index >= 15 is 0 Å². The van der Waals surface area contributed by atoms with Crippen LogP contribution in [0.2, 0.25) is 0 Å². The largest absolute Gasteiger partial charge is 0.388 e. The van der Waals surface area contributed by atoms with Crippen LogP contribution in [-0.4, -0.2) is 52.1 Å². The minimum Gasteiger partial charge on any atom is -0.388 e. The second-order valence-electron chi connectivity index (χ2n) is 11.9. The van der Waals surface area contributed by atoms with E-state index in [1.165, 1.54) is 37.7 Å². The zero-order valence-electron chi connectivity index (χ0n) is 20.0. The first-order valence-electron chi connectivity index (χ1n) is 12.9. The van der Waals surface area contributed by atoms with Crippen molar-refractivity contribution in [1.29, 1.82) is 0 Å². The number of fused-ring (bicyclic) bond motifs is 5. The summed E-state index contributed by atoms with van der Waals surface area (Å²) in [6, 6.07) is 0. The van der Waals surface area contributed by atoms with Crippen LogP contribution >= 0.6 is 0 Å². The summed E-state index contributed by atoms with van der Waals surface area (Å²) in [6.07, 6.45) is 9.08. The van der Waals surface area contributed by atoms with Gasteiger partial charge in [0, 0.05) is 0 Å². The van der Waals surface area contributed by atoms with Crippen molar-refractivity contribution in [1.82, 2.24) is 0 Å². The van der Waals surface area contributed by atoms with Gasteiger partial charge in [0.1, 0.15) is 18.3 Å². The summed E-state index contributed by atoms with van der Waals surface area (Å²) < 4.78 is 11.9. The molecule has 5 nitrogen and oxygen atoms in total. The minimum atomic E-state index is -1.24. The van der Waals surface area contributed by atoms with Gasteiger partial charge in [0.2, 0.25) is 0 Å². The Labute approximate surface area is 192 Å². The van der Waals surface area contributed by atoms with E-state index in [0.29, 0.717) is 11.3 Å². The number of allylic oxidation sites excluding steroid dienone is 2. The third-order valence-corrected chi connectivity index (χ3v) is 10.6. The molecule has 5 aliphatic rings. The molecule has 0 bridgehead atoms. The molecule has 0 amide bonds. The fourth-order valence-corrected chi connectivity index (χ4v) is 8.49. The molecule has 0 aromatic carbocycles. The molecule has 1 aliphatic heterocycles. The van der Waals surface area contributed by atoms with Gasteiger partial charge < -0.3 is 24.8 Å². The average molecular weight is 447 g/mol. The number of aliphatic hydroxyl groups is 3. The lowest BCUT2D eigenvalue weighted by molar-refractivity contribution is -0.305. The summed E-state index contributed by atoms with van der Waals surface area (Å²) in [4.78, 5) is 0. The zero-order valence-corrected chi connectivity index (χ0v) is 20.0. The number of hydrogen-bond donors (Lipinski definition) is 3. The van der Waals surface area contributed by atoms with Gasteiger partial charge in [-0.15, -0.1) is 6.58 Å². The Balaban J connectivity index is 1.30. The molecular formula is C27H42O5. The highest BCUT2D eigenvalue weighted by Gasteiger charge is 2.58. The maximum absolute atomic E-state index is 10.4. The lowest BCUT2D eigenvalue weighted by atomic mass is 9.47. The SMILES string of the molecule is C=CC1CCC2C3CC=C4CC(OC5OC(C)C(O)C(O)C5O)CCC4(C)C3CCC12C. The van der Waals surface area contributed by atoms with E-state index < -0.39 is 30.7 Å². The highest BCUT2D eigenvalue weighted by Crippen LogP contribution is 2.66. The van der Waals surface area contributed by atoms with Gasteiger partial charge in [-0.2, -0.15) is 0 Å². The molecule has 3 saturated carbocycles. The Morgan fingerprint density at radius 3 is 2.56 bits per heavy atom. The first-order chi connectivity index (χ1) is 15.2. The molecule has 5 rings (SSSR count).